The van der Waals surface area contributed by atoms with Gasteiger partial charge >= 0.3 is 6.18 Å². The van der Waals surface area contributed by atoms with E-state index in [4.69, 9.17) is 0 Å². The summed E-state index contributed by atoms with van der Waals surface area (Å²) in [6.45, 7) is 0. The number of phenols is 3. The zero-order chi connectivity index (χ0) is 20.5. The number of alkyl halides is 3. The lowest BCUT2D eigenvalue weighted by Crippen LogP contribution is -2.14. The van der Waals surface area contributed by atoms with Crippen LogP contribution in [0.5, 0.6) is 17.2 Å². The Hall–Kier alpha value is -3.68. The summed E-state index contributed by atoms with van der Waals surface area (Å²) in [5.74, 6) is -3.25. The summed E-state index contributed by atoms with van der Waals surface area (Å²) in [6, 6.07) is 13.3. The summed E-state index contributed by atoms with van der Waals surface area (Å²) in [7, 11) is 0. The van der Waals surface area contributed by atoms with E-state index in [0.717, 1.165) is 18.2 Å². The van der Waals surface area contributed by atoms with Gasteiger partial charge in [0.05, 0.1) is 5.56 Å². The molecule has 0 aliphatic rings. The standard InChI is InChI=1S/C20H14F3NO4/c21-20(22,23)12-7-4-8-13(9-12)24-19(28)16-17(26)14(10-15(25)18(16)27)11-5-2-1-3-6-11/h1-10,25-27H,(H,24,28). The van der Waals surface area contributed by atoms with Crippen molar-refractivity contribution in [2.24, 2.45) is 0 Å². The number of anilines is 1. The number of amides is 1. The Morgan fingerprint density at radius 1 is 0.857 bits per heavy atom. The molecule has 0 unspecified atom stereocenters. The van der Waals surface area contributed by atoms with Crippen LogP contribution in [0.25, 0.3) is 11.1 Å². The lowest BCUT2D eigenvalue weighted by Gasteiger charge is -2.14. The van der Waals surface area contributed by atoms with E-state index in [0.29, 0.717) is 11.6 Å². The average molecular weight is 389 g/mol. The molecule has 28 heavy (non-hydrogen) atoms. The van der Waals surface area contributed by atoms with E-state index in [1.165, 1.54) is 6.07 Å². The van der Waals surface area contributed by atoms with Gasteiger partial charge in [0.25, 0.3) is 5.91 Å². The van der Waals surface area contributed by atoms with Gasteiger partial charge in [0.15, 0.2) is 11.5 Å². The number of carbonyl (C=O) groups is 1. The van der Waals surface area contributed by atoms with Crippen molar-refractivity contribution in [3.8, 4) is 28.4 Å². The van der Waals surface area contributed by atoms with Crippen molar-refractivity contribution in [3.05, 3.63) is 71.8 Å². The summed E-state index contributed by atoms with van der Waals surface area (Å²) in [5.41, 5.74) is -1.28. The second-order valence-electron chi connectivity index (χ2n) is 5.91. The van der Waals surface area contributed by atoms with Crippen molar-refractivity contribution >= 4 is 11.6 Å². The molecule has 3 aromatic rings. The van der Waals surface area contributed by atoms with Gasteiger partial charge in [-0.25, -0.2) is 0 Å². The number of nitrogens with one attached hydrogen (secondary N) is 1. The van der Waals surface area contributed by atoms with Gasteiger partial charge in [-0.3, -0.25) is 4.79 Å². The molecule has 0 radical (unpaired) electrons. The van der Waals surface area contributed by atoms with Crippen molar-refractivity contribution in [2.75, 3.05) is 5.32 Å². The number of aromatic hydroxyl groups is 3. The first-order valence-electron chi connectivity index (χ1n) is 8.00. The minimum absolute atomic E-state index is 0.0742. The highest BCUT2D eigenvalue weighted by Gasteiger charge is 2.31. The number of hydrogen-bond acceptors (Lipinski definition) is 4. The Labute approximate surface area is 157 Å². The van der Waals surface area contributed by atoms with Crippen LogP contribution in [-0.2, 0) is 6.18 Å². The molecule has 0 heterocycles. The Morgan fingerprint density at radius 3 is 2.18 bits per heavy atom. The van der Waals surface area contributed by atoms with E-state index in [9.17, 15) is 33.3 Å². The summed E-state index contributed by atoms with van der Waals surface area (Å²) in [4.78, 5) is 12.5. The van der Waals surface area contributed by atoms with E-state index >= 15 is 0 Å². The van der Waals surface area contributed by atoms with E-state index < -0.39 is 40.5 Å². The molecule has 3 rings (SSSR count). The fourth-order valence-electron chi connectivity index (χ4n) is 2.67. The van der Waals surface area contributed by atoms with Crippen LogP contribution < -0.4 is 5.32 Å². The quantitative estimate of drug-likeness (QED) is 0.385. The molecule has 8 heteroatoms. The molecule has 0 atom stereocenters. The van der Waals surface area contributed by atoms with Crippen molar-refractivity contribution in [1.82, 2.24) is 0 Å². The van der Waals surface area contributed by atoms with Crippen LogP contribution in [0.4, 0.5) is 18.9 Å². The summed E-state index contributed by atoms with van der Waals surface area (Å²) in [5, 5.41) is 32.6. The number of rotatable bonds is 3. The number of hydrogen-bond donors (Lipinski definition) is 4. The normalized spacial score (nSPS) is 11.2. The Balaban J connectivity index is 2.02. The second kappa shape index (κ2) is 7.15. The highest BCUT2D eigenvalue weighted by Crippen LogP contribution is 2.43. The summed E-state index contributed by atoms with van der Waals surface area (Å²) < 4.78 is 38.5. The van der Waals surface area contributed by atoms with Crippen molar-refractivity contribution in [1.29, 1.82) is 0 Å². The SMILES string of the molecule is O=C(Nc1cccc(C(F)(F)F)c1)c1c(O)c(O)cc(-c2ccccc2)c1O. The number of phenolic OH excluding ortho intramolecular Hbond substituents is 3. The lowest BCUT2D eigenvalue weighted by molar-refractivity contribution is -0.137. The number of benzene rings is 3. The first-order valence-corrected chi connectivity index (χ1v) is 8.00. The topological polar surface area (TPSA) is 89.8 Å². The molecule has 0 fully saturated rings. The fourth-order valence-corrected chi connectivity index (χ4v) is 2.67. The lowest BCUT2D eigenvalue weighted by atomic mass is 9.99. The zero-order valence-corrected chi connectivity index (χ0v) is 14.2. The zero-order valence-electron chi connectivity index (χ0n) is 14.2. The maximum atomic E-state index is 12.8. The molecule has 0 aliphatic carbocycles. The van der Waals surface area contributed by atoms with Crippen LogP contribution in [0.1, 0.15) is 15.9 Å². The van der Waals surface area contributed by atoms with Crippen molar-refractivity contribution < 1.29 is 33.3 Å². The summed E-state index contributed by atoms with van der Waals surface area (Å²) >= 11 is 0. The van der Waals surface area contributed by atoms with Crippen LogP contribution in [0.2, 0.25) is 0 Å². The number of halogens is 3. The maximum absolute atomic E-state index is 12.8. The molecule has 4 N–H and O–H groups in total. The third-order valence-corrected chi connectivity index (χ3v) is 4.01. The average Bonchev–Trinajstić information content (AvgIpc) is 2.65. The molecule has 0 bridgehead atoms. The molecule has 5 nitrogen and oxygen atoms in total. The predicted molar refractivity (Wildman–Crippen MR) is 96.3 cm³/mol. The van der Waals surface area contributed by atoms with Gasteiger partial charge in [0.2, 0.25) is 0 Å². The molecular formula is C20H14F3NO4. The van der Waals surface area contributed by atoms with Gasteiger partial charge in [-0.2, -0.15) is 13.2 Å². The smallest absolute Gasteiger partial charge is 0.416 e. The molecule has 3 aromatic carbocycles. The highest BCUT2D eigenvalue weighted by molar-refractivity contribution is 6.10. The molecule has 0 saturated carbocycles. The molecule has 0 saturated heterocycles. The van der Waals surface area contributed by atoms with Crippen LogP contribution in [0, 0.1) is 0 Å². The predicted octanol–water partition coefficient (Wildman–Crippen LogP) is 4.74. The van der Waals surface area contributed by atoms with Gasteiger partial charge in [-0.05, 0) is 29.8 Å². The highest BCUT2D eigenvalue weighted by atomic mass is 19.4. The third-order valence-electron chi connectivity index (χ3n) is 4.01. The van der Waals surface area contributed by atoms with Crippen LogP contribution >= 0.6 is 0 Å². The molecule has 0 aromatic heterocycles. The second-order valence-corrected chi connectivity index (χ2v) is 5.91. The van der Waals surface area contributed by atoms with Crippen LogP contribution in [-0.4, -0.2) is 21.2 Å². The van der Waals surface area contributed by atoms with Gasteiger partial charge in [0.1, 0.15) is 11.3 Å². The molecule has 0 spiro atoms. The van der Waals surface area contributed by atoms with E-state index in [2.05, 4.69) is 5.32 Å². The number of carbonyl (C=O) groups excluding carboxylic acids is 1. The largest absolute Gasteiger partial charge is 0.506 e. The minimum Gasteiger partial charge on any atom is -0.506 e. The van der Waals surface area contributed by atoms with E-state index in [1.807, 2.05) is 0 Å². The van der Waals surface area contributed by atoms with Crippen LogP contribution in [0.3, 0.4) is 0 Å². The van der Waals surface area contributed by atoms with Gasteiger partial charge in [-0.1, -0.05) is 36.4 Å². The van der Waals surface area contributed by atoms with Crippen molar-refractivity contribution in [3.63, 3.8) is 0 Å². The van der Waals surface area contributed by atoms with Gasteiger partial charge in [0, 0.05) is 11.3 Å². The monoisotopic (exact) mass is 389 g/mol. The van der Waals surface area contributed by atoms with Crippen LogP contribution in [0.15, 0.2) is 60.7 Å². The third kappa shape index (κ3) is 3.71. The summed E-state index contributed by atoms with van der Waals surface area (Å²) in [6.07, 6.45) is -4.60. The Bertz CT molecular complexity index is 1030. The maximum Gasteiger partial charge on any atom is 0.416 e. The van der Waals surface area contributed by atoms with Gasteiger partial charge < -0.3 is 20.6 Å². The van der Waals surface area contributed by atoms with E-state index in [-0.39, 0.29) is 11.3 Å². The first-order chi connectivity index (χ1) is 13.2. The molecule has 144 valence electrons. The molecule has 0 aliphatic heterocycles. The Morgan fingerprint density at radius 2 is 1.54 bits per heavy atom. The Kier molecular flexibility index (Phi) is 4.87. The molecular weight excluding hydrogens is 375 g/mol. The first kappa shape index (κ1) is 19.1. The minimum atomic E-state index is -4.60. The van der Waals surface area contributed by atoms with E-state index in [1.54, 1.807) is 30.3 Å². The van der Waals surface area contributed by atoms with Gasteiger partial charge in [-0.15, -0.1) is 0 Å². The molecule has 1 amide bonds. The fraction of sp³-hybridized carbons (Fsp3) is 0.0500. The van der Waals surface area contributed by atoms with Crippen molar-refractivity contribution in [2.45, 2.75) is 6.18 Å².